The van der Waals surface area contributed by atoms with Crippen molar-refractivity contribution in [2.24, 2.45) is 17.8 Å². The molecule has 3 heterocycles. The highest BCUT2D eigenvalue weighted by molar-refractivity contribution is 5.90. The summed E-state index contributed by atoms with van der Waals surface area (Å²) < 4.78 is 27.5. The number of aliphatic hydroxyl groups excluding tert-OH is 5. The minimum atomic E-state index is -1.64. The lowest BCUT2D eigenvalue weighted by Gasteiger charge is -2.44. The molecular weight excluding hydrogens is 504 g/mol. The molecule has 0 aliphatic carbocycles. The van der Waals surface area contributed by atoms with Crippen molar-refractivity contribution in [2.45, 2.75) is 82.8 Å². The minimum Gasteiger partial charge on any atom is -0.471 e. The van der Waals surface area contributed by atoms with Crippen LogP contribution in [0.3, 0.4) is 0 Å². The van der Waals surface area contributed by atoms with Gasteiger partial charge in [0.05, 0.1) is 31.0 Å². The molecule has 0 saturated carbocycles. The van der Waals surface area contributed by atoms with Crippen molar-refractivity contribution in [3.05, 3.63) is 36.1 Å². The fraction of sp³-hybridized carbons (Fsp3) is 0.692. The van der Waals surface area contributed by atoms with Gasteiger partial charge in [0.15, 0.2) is 6.29 Å². The lowest BCUT2D eigenvalue weighted by molar-refractivity contribution is -0.340. The van der Waals surface area contributed by atoms with Gasteiger partial charge in [0.2, 0.25) is 12.6 Å². The van der Waals surface area contributed by atoms with Crippen LogP contribution in [0.25, 0.3) is 0 Å². The maximum absolute atomic E-state index is 12.7. The summed E-state index contributed by atoms with van der Waals surface area (Å²) in [6.07, 6.45) is -3.16. The molecule has 12 heteroatoms. The SMILES string of the molecule is C=CC1C(O[C@@H]2O[C@H](CO)[C@@H](O)[C@H](O)[C@H]2O)OC=C2C(=O)OC(OC(=O)[C@@H](C)CCC/C(C)=C\CO)CC21. The average molecular weight is 543 g/mol. The number of aliphatic hydroxyl groups is 5. The predicted octanol–water partition coefficient (Wildman–Crippen LogP) is 0.0227. The molecule has 3 aliphatic heterocycles. The lowest BCUT2D eigenvalue weighted by Crippen LogP contribution is -2.60. The summed E-state index contributed by atoms with van der Waals surface area (Å²) >= 11 is 0. The van der Waals surface area contributed by atoms with Crippen molar-refractivity contribution >= 4 is 11.9 Å². The van der Waals surface area contributed by atoms with E-state index in [0.29, 0.717) is 6.42 Å². The van der Waals surface area contributed by atoms with Crippen LogP contribution in [0.2, 0.25) is 0 Å². The highest BCUT2D eigenvalue weighted by Gasteiger charge is 2.49. The Morgan fingerprint density at radius 2 is 1.95 bits per heavy atom. The zero-order valence-corrected chi connectivity index (χ0v) is 21.5. The smallest absolute Gasteiger partial charge is 0.340 e. The zero-order chi connectivity index (χ0) is 28.0. The number of hydrogen-bond donors (Lipinski definition) is 5. The summed E-state index contributed by atoms with van der Waals surface area (Å²) in [6.45, 7) is 6.78. The number of rotatable bonds is 11. The first-order valence-electron chi connectivity index (χ1n) is 12.7. The van der Waals surface area contributed by atoms with Gasteiger partial charge in [-0.2, -0.15) is 0 Å². The zero-order valence-electron chi connectivity index (χ0n) is 21.5. The van der Waals surface area contributed by atoms with Crippen LogP contribution >= 0.6 is 0 Å². The molecule has 2 fully saturated rings. The fourth-order valence-electron chi connectivity index (χ4n) is 4.73. The van der Waals surface area contributed by atoms with Crippen molar-refractivity contribution in [1.82, 2.24) is 0 Å². The van der Waals surface area contributed by atoms with E-state index >= 15 is 0 Å². The maximum atomic E-state index is 12.7. The third-order valence-corrected chi connectivity index (χ3v) is 7.11. The first-order valence-corrected chi connectivity index (χ1v) is 12.7. The van der Waals surface area contributed by atoms with E-state index in [1.165, 1.54) is 12.3 Å². The minimum absolute atomic E-state index is 0.0285. The maximum Gasteiger partial charge on any atom is 0.340 e. The molecule has 10 atom stereocenters. The Balaban J connectivity index is 1.62. The number of allylic oxidation sites excluding steroid dienone is 1. The molecule has 0 aromatic rings. The highest BCUT2D eigenvalue weighted by Crippen LogP contribution is 2.41. The molecule has 2 saturated heterocycles. The van der Waals surface area contributed by atoms with Crippen LogP contribution in [-0.4, -0.2) is 94.0 Å². The third kappa shape index (κ3) is 7.00. The lowest BCUT2D eigenvalue weighted by atomic mass is 9.80. The molecule has 0 aromatic heterocycles. The monoisotopic (exact) mass is 542 g/mol. The highest BCUT2D eigenvalue weighted by atomic mass is 16.8. The van der Waals surface area contributed by atoms with E-state index in [-0.39, 0.29) is 18.6 Å². The van der Waals surface area contributed by atoms with Gasteiger partial charge in [0.25, 0.3) is 0 Å². The largest absolute Gasteiger partial charge is 0.471 e. The second-order valence-electron chi connectivity index (χ2n) is 9.86. The first kappa shape index (κ1) is 30.2. The first-order chi connectivity index (χ1) is 18.1. The van der Waals surface area contributed by atoms with Gasteiger partial charge in [-0.15, -0.1) is 6.58 Å². The fourth-order valence-corrected chi connectivity index (χ4v) is 4.73. The Morgan fingerprint density at radius 3 is 2.61 bits per heavy atom. The Hall–Kier alpha value is -2.32. The molecule has 12 nitrogen and oxygen atoms in total. The van der Waals surface area contributed by atoms with Crippen LogP contribution in [0.15, 0.2) is 36.1 Å². The van der Waals surface area contributed by atoms with Gasteiger partial charge in [-0.3, -0.25) is 4.79 Å². The van der Waals surface area contributed by atoms with Crippen LogP contribution < -0.4 is 0 Å². The summed E-state index contributed by atoms with van der Waals surface area (Å²) in [6, 6.07) is 0. The molecule has 0 bridgehead atoms. The number of fused-ring (bicyclic) bond motifs is 1. The molecule has 0 spiro atoms. The summed E-state index contributed by atoms with van der Waals surface area (Å²) in [4.78, 5) is 25.3. The van der Waals surface area contributed by atoms with Gasteiger partial charge in [-0.05, 0) is 26.2 Å². The van der Waals surface area contributed by atoms with Crippen molar-refractivity contribution in [3.8, 4) is 0 Å². The third-order valence-electron chi connectivity index (χ3n) is 7.11. The molecule has 5 N–H and O–H groups in total. The predicted molar refractivity (Wildman–Crippen MR) is 129 cm³/mol. The Bertz CT molecular complexity index is 899. The molecule has 3 rings (SSSR count). The van der Waals surface area contributed by atoms with Gasteiger partial charge in [-0.1, -0.05) is 24.6 Å². The molecule has 38 heavy (non-hydrogen) atoms. The number of esters is 2. The van der Waals surface area contributed by atoms with E-state index in [2.05, 4.69) is 6.58 Å². The van der Waals surface area contributed by atoms with E-state index in [1.54, 1.807) is 13.0 Å². The molecule has 4 unspecified atom stereocenters. The molecular formula is C26H38O12. The Kier molecular flexibility index (Phi) is 10.9. The van der Waals surface area contributed by atoms with Gasteiger partial charge < -0.3 is 49.2 Å². The topological polar surface area (TPSA) is 181 Å². The molecule has 3 aliphatic rings. The number of carbonyl (C=O) groups is 2. The van der Waals surface area contributed by atoms with Gasteiger partial charge in [-0.25, -0.2) is 4.79 Å². The standard InChI is InChI=1S/C26H38O12/c1-4-15-16-10-19(36-23(32)14(3)7-5-6-13(2)8-9-27)37-24(33)17(16)12-34-25(15)38-26-22(31)21(30)20(29)18(11-28)35-26/h4,8,12,14-16,18-22,25-31H,1,5-7,9-11H2,2-3H3/b13-8-/t14-,15?,16?,18+,19?,20+,21-,22+,25?,26-/m0/s1. The molecule has 214 valence electrons. The number of ether oxygens (including phenoxy) is 5. The normalized spacial score (nSPS) is 36.3. The second-order valence-corrected chi connectivity index (χ2v) is 9.86. The van der Waals surface area contributed by atoms with Crippen LogP contribution in [0.4, 0.5) is 0 Å². The summed E-state index contributed by atoms with van der Waals surface area (Å²) in [5.74, 6) is -2.86. The van der Waals surface area contributed by atoms with Crippen LogP contribution in [-0.2, 0) is 33.3 Å². The van der Waals surface area contributed by atoms with Crippen molar-refractivity contribution in [1.29, 1.82) is 0 Å². The van der Waals surface area contributed by atoms with Gasteiger partial charge >= 0.3 is 11.9 Å². The molecule has 0 amide bonds. The molecule has 0 radical (unpaired) electrons. The van der Waals surface area contributed by atoms with E-state index < -0.39 is 79.6 Å². The van der Waals surface area contributed by atoms with Gasteiger partial charge in [0, 0.05) is 18.3 Å². The van der Waals surface area contributed by atoms with Crippen LogP contribution in [0.1, 0.15) is 39.5 Å². The van der Waals surface area contributed by atoms with E-state index in [9.17, 15) is 30.0 Å². The summed E-state index contributed by atoms with van der Waals surface area (Å²) in [5.41, 5.74) is 1.24. The van der Waals surface area contributed by atoms with E-state index in [1.807, 2.05) is 6.92 Å². The van der Waals surface area contributed by atoms with Crippen LogP contribution in [0, 0.1) is 17.8 Å². The summed E-state index contributed by atoms with van der Waals surface area (Å²) in [5, 5.41) is 48.7. The molecule has 0 aromatic carbocycles. The Morgan fingerprint density at radius 1 is 1.21 bits per heavy atom. The van der Waals surface area contributed by atoms with Crippen molar-refractivity contribution in [3.63, 3.8) is 0 Å². The number of cyclic esters (lactones) is 1. The number of hydrogen-bond acceptors (Lipinski definition) is 12. The van der Waals surface area contributed by atoms with Crippen LogP contribution in [0.5, 0.6) is 0 Å². The summed E-state index contributed by atoms with van der Waals surface area (Å²) in [7, 11) is 0. The number of carbonyl (C=O) groups excluding carboxylic acids is 2. The Labute approximate surface area is 221 Å². The van der Waals surface area contributed by atoms with E-state index in [4.69, 9.17) is 28.8 Å². The second kappa shape index (κ2) is 13.7. The average Bonchev–Trinajstić information content (AvgIpc) is 2.88. The van der Waals surface area contributed by atoms with Crippen molar-refractivity contribution < 1.29 is 58.8 Å². The van der Waals surface area contributed by atoms with Crippen molar-refractivity contribution in [2.75, 3.05) is 13.2 Å². The van der Waals surface area contributed by atoms with Gasteiger partial charge in [0.1, 0.15) is 24.4 Å². The quantitative estimate of drug-likeness (QED) is 0.175. The van der Waals surface area contributed by atoms with E-state index in [0.717, 1.165) is 18.4 Å².